The van der Waals surface area contributed by atoms with Crippen LogP contribution in [0.2, 0.25) is 0 Å². The maximum absolute atomic E-state index is 12.4. The van der Waals surface area contributed by atoms with Crippen LogP contribution in [0.25, 0.3) is 0 Å². The lowest BCUT2D eigenvalue weighted by molar-refractivity contribution is 0.0696. The molecule has 1 aromatic heterocycles. The average Bonchev–Trinajstić information content (AvgIpc) is 2.54. The molecule has 0 amide bonds. The average molecular weight is 354 g/mol. The molecule has 1 heterocycles. The highest BCUT2D eigenvalue weighted by atomic mass is 32.2. The number of sulfonamides is 1. The van der Waals surface area contributed by atoms with E-state index in [9.17, 15) is 13.2 Å². The zero-order chi connectivity index (χ0) is 17.0. The fourth-order valence-electron chi connectivity index (χ4n) is 1.82. The number of nitrogens with one attached hydrogen (secondary N) is 1. The van der Waals surface area contributed by atoms with E-state index >= 15 is 0 Å². The monoisotopic (exact) mass is 354 g/mol. The van der Waals surface area contributed by atoms with Crippen molar-refractivity contribution in [2.45, 2.75) is 10.6 Å². The molecular weight excluding hydrogens is 340 g/mol. The van der Waals surface area contributed by atoms with Crippen molar-refractivity contribution in [2.24, 2.45) is 0 Å². The largest absolute Gasteiger partial charge is 0.480 e. The minimum atomic E-state index is -3.99. The Morgan fingerprint density at radius 3 is 2.74 bits per heavy atom. The van der Waals surface area contributed by atoms with Crippen molar-refractivity contribution < 1.29 is 23.1 Å². The van der Waals surface area contributed by atoms with Crippen LogP contribution in [0.3, 0.4) is 0 Å². The van der Waals surface area contributed by atoms with Gasteiger partial charge in [0.15, 0.2) is 0 Å². The molecule has 0 aliphatic rings. The minimum Gasteiger partial charge on any atom is -0.480 e. The summed E-state index contributed by atoms with van der Waals surface area (Å²) in [6.45, 7) is 0. The Morgan fingerprint density at radius 1 is 1.39 bits per heavy atom. The number of carbonyl (C=O) groups is 1. The zero-order valence-electron chi connectivity index (χ0n) is 12.1. The molecule has 2 rings (SSSR count). The lowest BCUT2D eigenvalue weighted by Gasteiger charge is -2.12. The molecule has 0 radical (unpaired) electrons. The van der Waals surface area contributed by atoms with Gasteiger partial charge in [-0.3, -0.25) is 4.72 Å². The van der Waals surface area contributed by atoms with Gasteiger partial charge in [0.1, 0.15) is 5.69 Å². The van der Waals surface area contributed by atoms with Gasteiger partial charge in [-0.15, -0.1) is 0 Å². The first-order valence-electron chi connectivity index (χ1n) is 6.37. The standard InChI is InChI=1S/C14H14N2O5S2/c1-21-13-12(5-9(8-22)7-15-13)16-23(19,20)11-4-2-3-10(6-11)14(17)18/h2-7,16,22H,8H2,1H3,(H,17,18). The maximum atomic E-state index is 12.4. The van der Waals surface area contributed by atoms with Gasteiger partial charge in [-0.05, 0) is 29.8 Å². The molecule has 1 aromatic carbocycles. The van der Waals surface area contributed by atoms with E-state index in [0.717, 1.165) is 6.07 Å². The van der Waals surface area contributed by atoms with E-state index < -0.39 is 16.0 Å². The summed E-state index contributed by atoms with van der Waals surface area (Å²) < 4.78 is 32.3. The zero-order valence-corrected chi connectivity index (χ0v) is 13.8. The van der Waals surface area contributed by atoms with Crippen molar-refractivity contribution in [1.82, 2.24) is 4.98 Å². The SMILES string of the molecule is COc1ncc(CS)cc1NS(=O)(=O)c1cccc(C(=O)O)c1. The fraction of sp³-hybridized carbons (Fsp3) is 0.143. The van der Waals surface area contributed by atoms with Crippen molar-refractivity contribution in [3.05, 3.63) is 47.7 Å². The van der Waals surface area contributed by atoms with Gasteiger partial charge in [0.05, 0.1) is 17.6 Å². The molecule has 2 N–H and O–H groups in total. The van der Waals surface area contributed by atoms with Gasteiger partial charge in [0, 0.05) is 11.9 Å². The lowest BCUT2D eigenvalue weighted by Crippen LogP contribution is -2.15. The highest BCUT2D eigenvalue weighted by molar-refractivity contribution is 7.92. The van der Waals surface area contributed by atoms with Crippen molar-refractivity contribution in [3.63, 3.8) is 0 Å². The predicted molar refractivity (Wildman–Crippen MR) is 87.7 cm³/mol. The van der Waals surface area contributed by atoms with Gasteiger partial charge in [-0.2, -0.15) is 12.6 Å². The molecule has 0 fully saturated rings. The number of nitrogens with zero attached hydrogens (tertiary/aromatic N) is 1. The molecule has 122 valence electrons. The van der Waals surface area contributed by atoms with Crippen LogP contribution in [0.4, 0.5) is 5.69 Å². The van der Waals surface area contributed by atoms with Crippen LogP contribution in [-0.4, -0.2) is 31.6 Å². The molecule has 0 saturated carbocycles. The second kappa shape index (κ2) is 6.88. The summed E-state index contributed by atoms with van der Waals surface area (Å²) in [4.78, 5) is 14.8. The number of hydrogen-bond acceptors (Lipinski definition) is 6. The molecule has 23 heavy (non-hydrogen) atoms. The Morgan fingerprint density at radius 2 is 2.13 bits per heavy atom. The number of thiol groups is 1. The molecular formula is C14H14N2O5S2. The molecule has 0 aliphatic heterocycles. The van der Waals surface area contributed by atoms with Gasteiger partial charge >= 0.3 is 5.97 Å². The highest BCUT2D eigenvalue weighted by Gasteiger charge is 2.19. The number of aromatic carboxylic acids is 1. The Hall–Kier alpha value is -2.26. The number of anilines is 1. The molecule has 0 aliphatic carbocycles. The van der Waals surface area contributed by atoms with Gasteiger partial charge in [0.25, 0.3) is 10.0 Å². The van der Waals surface area contributed by atoms with Crippen molar-refractivity contribution >= 4 is 34.3 Å². The van der Waals surface area contributed by atoms with E-state index in [4.69, 9.17) is 9.84 Å². The van der Waals surface area contributed by atoms with Gasteiger partial charge in [0.2, 0.25) is 5.88 Å². The van der Waals surface area contributed by atoms with E-state index in [1.807, 2.05) is 0 Å². The molecule has 0 spiro atoms. The first-order valence-corrected chi connectivity index (χ1v) is 8.49. The number of methoxy groups -OCH3 is 1. The summed E-state index contributed by atoms with van der Waals surface area (Å²) in [5, 5.41) is 8.96. The Labute approximate surface area is 138 Å². The summed E-state index contributed by atoms with van der Waals surface area (Å²) in [6, 6.07) is 6.60. The summed E-state index contributed by atoms with van der Waals surface area (Å²) in [5.41, 5.74) is 0.730. The van der Waals surface area contributed by atoms with Crippen LogP contribution in [-0.2, 0) is 15.8 Å². The first-order chi connectivity index (χ1) is 10.9. The molecule has 7 nitrogen and oxygen atoms in total. The van der Waals surface area contributed by atoms with Gasteiger partial charge < -0.3 is 9.84 Å². The van der Waals surface area contributed by atoms with Crippen LogP contribution in [0.5, 0.6) is 5.88 Å². The normalized spacial score (nSPS) is 11.0. The first kappa shape index (κ1) is 17.1. The second-order valence-electron chi connectivity index (χ2n) is 4.50. The highest BCUT2D eigenvalue weighted by Crippen LogP contribution is 2.26. The van der Waals surface area contributed by atoms with Crippen LogP contribution in [0.1, 0.15) is 15.9 Å². The van der Waals surface area contributed by atoms with Crippen molar-refractivity contribution in [2.75, 3.05) is 11.8 Å². The number of carboxylic acids is 1. The van der Waals surface area contributed by atoms with Crippen molar-refractivity contribution in [1.29, 1.82) is 0 Å². The Bertz CT molecular complexity index is 837. The number of rotatable bonds is 6. The summed E-state index contributed by atoms with van der Waals surface area (Å²) >= 11 is 4.11. The van der Waals surface area contributed by atoms with E-state index in [1.165, 1.54) is 31.5 Å². The number of benzene rings is 1. The second-order valence-corrected chi connectivity index (χ2v) is 6.50. The Balaban J connectivity index is 2.42. The summed E-state index contributed by atoms with van der Waals surface area (Å²) in [6.07, 6.45) is 1.52. The fourth-order valence-corrected chi connectivity index (χ4v) is 3.08. The smallest absolute Gasteiger partial charge is 0.335 e. The molecule has 0 unspecified atom stereocenters. The summed E-state index contributed by atoms with van der Waals surface area (Å²) in [7, 11) is -2.62. The van der Waals surface area contributed by atoms with E-state index in [0.29, 0.717) is 11.3 Å². The van der Waals surface area contributed by atoms with Crippen LogP contribution in [0, 0.1) is 0 Å². The third kappa shape index (κ3) is 3.93. The maximum Gasteiger partial charge on any atom is 0.335 e. The van der Waals surface area contributed by atoms with Crippen LogP contribution in [0.15, 0.2) is 41.4 Å². The number of hydrogen-bond donors (Lipinski definition) is 3. The number of ether oxygens (including phenoxy) is 1. The van der Waals surface area contributed by atoms with E-state index in [1.54, 1.807) is 6.07 Å². The van der Waals surface area contributed by atoms with Crippen LogP contribution < -0.4 is 9.46 Å². The van der Waals surface area contributed by atoms with E-state index in [-0.39, 0.29) is 22.0 Å². The summed E-state index contributed by atoms with van der Waals surface area (Å²) in [5.74, 6) is -0.730. The number of carboxylic acid groups (broad SMARTS) is 1. The molecule has 0 atom stereocenters. The molecule has 0 bridgehead atoms. The quantitative estimate of drug-likeness (QED) is 0.686. The van der Waals surface area contributed by atoms with Gasteiger partial charge in [-0.1, -0.05) is 6.07 Å². The number of aromatic nitrogens is 1. The van der Waals surface area contributed by atoms with Crippen LogP contribution >= 0.6 is 12.6 Å². The van der Waals surface area contributed by atoms with E-state index in [2.05, 4.69) is 22.3 Å². The molecule has 9 heteroatoms. The van der Waals surface area contributed by atoms with Gasteiger partial charge in [-0.25, -0.2) is 18.2 Å². The topological polar surface area (TPSA) is 106 Å². The third-order valence-corrected chi connectivity index (χ3v) is 4.65. The lowest BCUT2D eigenvalue weighted by atomic mass is 10.2. The predicted octanol–water partition coefficient (Wildman–Crippen LogP) is 2.02. The van der Waals surface area contributed by atoms with Crippen molar-refractivity contribution in [3.8, 4) is 5.88 Å². The minimum absolute atomic E-state index is 0.105. The number of pyridine rings is 1. The third-order valence-electron chi connectivity index (χ3n) is 2.92. The Kier molecular flexibility index (Phi) is 5.12. The molecule has 0 saturated heterocycles. The molecule has 2 aromatic rings.